The Morgan fingerprint density at radius 1 is 1.30 bits per heavy atom. The van der Waals surface area contributed by atoms with Crippen LogP contribution in [0.2, 0.25) is 0 Å². The molecule has 0 bridgehead atoms. The Hall–Kier alpha value is -2.30. The third-order valence-corrected chi connectivity index (χ3v) is 2.94. The molecule has 0 fully saturated rings. The minimum Gasteiger partial charge on any atom is -0.481 e. The number of hydrogen-bond acceptors (Lipinski definition) is 3. The zero-order valence-electron chi connectivity index (χ0n) is 11.7. The van der Waals surface area contributed by atoms with E-state index in [4.69, 9.17) is 9.52 Å². The highest BCUT2D eigenvalue weighted by Gasteiger charge is 2.25. The lowest BCUT2D eigenvalue weighted by molar-refractivity contribution is -0.138. The van der Waals surface area contributed by atoms with Gasteiger partial charge in [0.15, 0.2) is 5.76 Å². The van der Waals surface area contributed by atoms with Crippen LogP contribution in [0.25, 0.3) is 11.0 Å². The van der Waals surface area contributed by atoms with Gasteiger partial charge in [-0.25, -0.2) is 0 Å². The van der Waals surface area contributed by atoms with Gasteiger partial charge in [0.2, 0.25) is 0 Å². The summed E-state index contributed by atoms with van der Waals surface area (Å²) in [6.07, 6.45) is -0.155. The molecular weight excluding hydrogens is 258 g/mol. The molecule has 2 rings (SSSR count). The first-order valence-corrected chi connectivity index (χ1v) is 6.31. The fourth-order valence-electron chi connectivity index (χ4n) is 2.07. The molecule has 2 N–H and O–H groups in total. The third kappa shape index (κ3) is 3.17. The van der Waals surface area contributed by atoms with Gasteiger partial charge in [-0.15, -0.1) is 0 Å². The normalized spacial score (nSPS) is 11.6. The smallest absolute Gasteiger partial charge is 0.305 e. The number of aryl methyl sites for hydroxylation is 1. The molecule has 1 aromatic heterocycles. The fraction of sp³-hybridized carbons (Fsp3) is 0.333. The lowest BCUT2D eigenvalue weighted by Crippen LogP contribution is -2.44. The third-order valence-electron chi connectivity index (χ3n) is 2.94. The number of fused-ring (bicyclic) bond motifs is 1. The van der Waals surface area contributed by atoms with Crippen LogP contribution in [0, 0.1) is 6.92 Å². The molecule has 0 atom stereocenters. The van der Waals surface area contributed by atoms with Crippen molar-refractivity contribution < 1.29 is 19.1 Å². The summed E-state index contributed by atoms with van der Waals surface area (Å²) in [6.45, 7) is 5.28. The van der Waals surface area contributed by atoms with Crippen LogP contribution in [0.5, 0.6) is 0 Å². The van der Waals surface area contributed by atoms with Gasteiger partial charge in [-0.2, -0.15) is 0 Å². The molecule has 0 saturated carbocycles. The van der Waals surface area contributed by atoms with Gasteiger partial charge in [0.25, 0.3) is 5.91 Å². The van der Waals surface area contributed by atoms with Crippen LogP contribution in [0.15, 0.2) is 28.7 Å². The number of furan rings is 1. The Kier molecular flexibility index (Phi) is 3.53. The van der Waals surface area contributed by atoms with E-state index in [9.17, 15) is 9.59 Å². The van der Waals surface area contributed by atoms with Crippen molar-refractivity contribution >= 4 is 22.8 Å². The van der Waals surface area contributed by atoms with Gasteiger partial charge in [0.1, 0.15) is 5.58 Å². The quantitative estimate of drug-likeness (QED) is 0.899. The summed E-state index contributed by atoms with van der Waals surface area (Å²) < 4.78 is 5.48. The number of nitrogens with one attached hydrogen (secondary N) is 1. The molecule has 0 saturated heterocycles. The molecule has 0 aliphatic carbocycles. The van der Waals surface area contributed by atoms with Gasteiger partial charge in [0, 0.05) is 10.9 Å². The van der Waals surface area contributed by atoms with Crippen LogP contribution in [0.4, 0.5) is 0 Å². The molecule has 20 heavy (non-hydrogen) atoms. The van der Waals surface area contributed by atoms with E-state index in [0.717, 1.165) is 10.9 Å². The summed E-state index contributed by atoms with van der Waals surface area (Å²) in [4.78, 5) is 22.8. The zero-order valence-corrected chi connectivity index (χ0v) is 11.7. The molecule has 5 heteroatoms. The van der Waals surface area contributed by atoms with Crippen molar-refractivity contribution in [2.45, 2.75) is 32.7 Å². The minimum absolute atomic E-state index is 0.155. The topological polar surface area (TPSA) is 79.5 Å². The van der Waals surface area contributed by atoms with Crippen molar-refractivity contribution in [1.29, 1.82) is 0 Å². The Labute approximate surface area is 116 Å². The first-order chi connectivity index (χ1) is 9.27. The van der Waals surface area contributed by atoms with Gasteiger partial charge in [-0.3, -0.25) is 9.59 Å². The van der Waals surface area contributed by atoms with Gasteiger partial charge in [-0.1, -0.05) is 11.6 Å². The predicted octanol–water partition coefficient (Wildman–Crippen LogP) is 2.72. The fourth-order valence-corrected chi connectivity index (χ4v) is 2.07. The highest BCUT2D eigenvalue weighted by molar-refractivity contribution is 5.96. The van der Waals surface area contributed by atoms with Gasteiger partial charge < -0.3 is 14.8 Å². The SMILES string of the molecule is Cc1ccc2oc(C(=O)NC(C)(C)CC(=O)O)cc2c1. The largest absolute Gasteiger partial charge is 0.481 e. The second-order valence-electron chi connectivity index (χ2n) is 5.56. The lowest BCUT2D eigenvalue weighted by atomic mass is 10.0. The summed E-state index contributed by atoms with van der Waals surface area (Å²) in [5.74, 6) is -1.19. The summed E-state index contributed by atoms with van der Waals surface area (Å²) in [6, 6.07) is 7.30. The van der Waals surface area contributed by atoms with E-state index in [1.807, 2.05) is 25.1 Å². The van der Waals surface area contributed by atoms with E-state index in [2.05, 4.69) is 5.32 Å². The highest BCUT2D eigenvalue weighted by Crippen LogP contribution is 2.21. The van der Waals surface area contributed by atoms with Crippen molar-refractivity contribution in [1.82, 2.24) is 5.32 Å². The summed E-state index contributed by atoms with van der Waals surface area (Å²) >= 11 is 0. The number of benzene rings is 1. The van der Waals surface area contributed by atoms with Crippen LogP contribution in [-0.4, -0.2) is 22.5 Å². The maximum atomic E-state index is 12.1. The van der Waals surface area contributed by atoms with Crippen molar-refractivity contribution in [3.05, 3.63) is 35.6 Å². The van der Waals surface area contributed by atoms with Crippen LogP contribution < -0.4 is 5.32 Å². The Morgan fingerprint density at radius 3 is 2.65 bits per heavy atom. The molecule has 0 unspecified atom stereocenters. The number of aliphatic carboxylic acids is 1. The molecule has 0 aliphatic heterocycles. The maximum absolute atomic E-state index is 12.1. The molecular formula is C15H17NO4. The van der Waals surface area contributed by atoms with Crippen molar-refractivity contribution in [3.8, 4) is 0 Å². The number of carboxylic acids is 1. The second-order valence-corrected chi connectivity index (χ2v) is 5.56. The monoisotopic (exact) mass is 275 g/mol. The molecule has 1 aromatic carbocycles. The van der Waals surface area contributed by atoms with Gasteiger partial charge in [0.05, 0.1) is 6.42 Å². The van der Waals surface area contributed by atoms with E-state index in [1.54, 1.807) is 19.9 Å². The molecule has 1 amide bonds. The number of amides is 1. The zero-order chi connectivity index (χ0) is 14.9. The number of carbonyl (C=O) groups excluding carboxylic acids is 1. The lowest BCUT2D eigenvalue weighted by Gasteiger charge is -2.23. The van der Waals surface area contributed by atoms with Gasteiger partial charge in [-0.05, 0) is 39.0 Å². The van der Waals surface area contributed by atoms with Crippen LogP contribution in [0.1, 0.15) is 36.4 Å². The van der Waals surface area contributed by atoms with Crippen molar-refractivity contribution in [2.24, 2.45) is 0 Å². The Morgan fingerprint density at radius 2 is 2.00 bits per heavy atom. The molecule has 5 nitrogen and oxygen atoms in total. The van der Waals surface area contributed by atoms with Crippen LogP contribution in [-0.2, 0) is 4.79 Å². The number of carbonyl (C=O) groups is 2. The van der Waals surface area contributed by atoms with Crippen LogP contribution >= 0.6 is 0 Å². The molecule has 2 aromatic rings. The average molecular weight is 275 g/mol. The minimum atomic E-state index is -0.962. The number of hydrogen-bond donors (Lipinski definition) is 2. The standard InChI is InChI=1S/C15H17NO4/c1-9-4-5-11-10(6-9)7-12(20-11)14(19)16-15(2,3)8-13(17)18/h4-7H,8H2,1-3H3,(H,16,19)(H,17,18). The molecule has 106 valence electrons. The number of rotatable bonds is 4. The second kappa shape index (κ2) is 5.00. The molecule has 1 heterocycles. The van der Waals surface area contributed by atoms with E-state index >= 15 is 0 Å². The highest BCUT2D eigenvalue weighted by atomic mass is 16.4. The molecule has 0 aliphatic rings. The summed E-state index contributed by atoms with van der Waals surface area (Å²) in [5.41, 5.74) is 0.880. The van der Waals surface area contributed by atoms with Gasteiger partial charge >= 0.3 is 5.97 Å². The summed E-state index contributed by atoms with van der Waals surface area (Å²) in [7, 11) is 0. The Balaban J connectivity index is 2.21. The first kappa shape index (κ1) is 14.1. The number of carboxylic acid groups (broad SMARTS) is 1. The van der Waals surface area contributed by atoms with Crippen molar-refractivity contribution in [3.63, 3.8) is 0 Å². The predicted molar refractivity (Wildman–Crippen MR) is 74.7 cm³/mol. The summed E-state index contributed by atoms with van der Waals surface area (Å²) in [5, 5.41) is 12.3. The molecule has 0 radical (unpaired) electrons. The van der Waals surface area contributed by atoms with E-state index in [-0.39, 0.29) is 12.2 Å². The van der Waals surface area contributed by atoms with E-state index in [0.29, 0.717) is 5.58 Å². The van der Waals surface area contributed by atoms with Crippen molar-refractivity contribution in [2.75, 3.05) is 0 Å². The maximum Gasteiger partial charge on any atom is 0.305 e. The average Bonchev–Trinajstić information content (AvgIpc) is 2.69. The van der Waals surface area contributed by atoms with Crippen LogP contribution in [0.3, 0.4) is 0 Å². The molecule has 0 spiro atoms. The Bertz CT molecular complexity index is 670. The first-order valence-electron chi connectivity index (χ1n) is 6.31. The van der Waals surface area contributed by atoms with E-state index in [1.165, 1.54) is 0 Å². The van der Waals surface area contributed by atoms with E-state index < -0.39 is 17.4 Å².